The Bertz CT molecular complexity index is 1110. The molecule has 0 saturated heterocycles. The molecule has 0 bridgehead atoms. The van der Waals surface area contributed by atoms with Gasteiger partial charge < -0.3 is 9.47 Å². The van der Waals surface area contributed by atoms with Gasteiger partial charge in [-0.2, -0.15) is 0 Å². The Kier molecular flexibility index (Phi) is 6.33. The van der Waals surface area contributed by atoms with Crippen LogP contribution >= 0.6 is 11.8 Å². The lowest BCUT2D eigenvalue weighted by Gasteiger charge is -2.14. The topological polar surface area (TPSA) is 87.5 Å². The van der Waals surface area contributed by atoms with Crippen molar-refractivity contribution in [1.82, 2.24) is 9.55 Å². The van der Waals surface area contributed by atoms with Crippen molar-refractivity contribution in [2.24, 2.45) is 0 Å². The number of nitrogens with zero attached hydrogens (tertiary/aromatic N) is 2. The normalized spacial score (nSPS) is 10.9. The average Bonchev–Trinajstić information content (AvgIpc) is 2.71. The van der Waals surface area contributed by atoms with Crippen LogP contribution in [0.3, 0.4) is 0 Å². The third kappa shape index (κ3) is 4.65. The molecule has 2 aromatic carbocycles. The monoisotopic (exact) mass is 412 g/mol. The van der Waals surface area contributed by atoms with Crippen molar-refractivity contribution < 1.29 is 19.1 Å². The maximum absolute atomic E-state index is 13.2. The number of aromatic nitrogens is 2. The fourth-order valence-corrected chi connectivity index (χ4v) is 3.53. The van der Waals surface area contributed by atoms with E-state index < -0.39 is 11.9 Å². The molecule has 1 aromatic heterocycles. The highest BCUT2D eigenvalue weighted by atomic mass is 32.2. The number of para-hydroxylation sites is 1. The number of thioether (sulfide) groups is 1. The maximum atomic E-state index is 13.2. The molecule has 29 heavy (non-hydrogen) atoms. The Hall–Kier alpha value is -3.13. The quantitative estimate of drug-likeness (QED) is 0.349. The molecule has 0 spiro atoms. The minimum Gasteiger partial charge on any atom is -0.465 e. The summed E-state index contributed by atoms with van der Waals surface area (Å²) in [4.78, 5) is 41.6. The second-order valence-electron chi connectivity index (χ2n) is 6.42. The summed E-state index contributed by atoms with van der Waals surface area (Å²) in [6, 6.07) is 13.6. The van der Waals surface area contributed by atoms with E-state index in [0.717, 1.165) is 11.8 Å². The van der Waals surface area contributed by atoms with E-state index in [9.17, 15) is 14.4 Å². The van der Waals surface area contributed by atoms with Gasteiger partial charge in [-0.1, -0.05) is 30.0 Å². The molecule has 0 aliphatic rings. The fourth-order valence-electron chi connectivity index (χ4n) is 2.73. The summed E-state index contributed by atoms with van der Waals surface area (Å²) in [5, 5.41) is 0.687. The Morgan fingerprint density at radius 1 is 1.14 bits per heavy atom. The minimum absolute atomic E-state index is 0.000345. The van der Waals surface area contributed by atoms with Crippen molar-refractivity contribution >= 4 is 34.6 Å². The molecular formula is C21H20N2O5S. The van der Waals surface area contributed by atoms with Crippen LogP contribution in [0.2, 0.25) is 0 Å². The second kappa shape index (κ2) is 8.91. The second-order valence-corrected chi connectivity index (χ2v) is 7.36. The molecule has 8 heteroatoms. The number of ether oxygens (including phenoxy) is 2. The number of carbonyl (C=O) groups excluding carboxylic acids is 2. The number of fused-ring (bicyclic) bond motifs is 1. The summed E-state index contributed by atoms with van der Waals surface area (Å²) >= 11 is 1.10. The first-order valence-corrected chi connectivity index (χ1v) is 9.92. The highest BCUT2D eigenvalue weighted by Crippen LogP contribution is 2.22. The van der Waals surface area contributed by atoms with Crippen molar-refractivity contribution in [2.75, 3.05) is 12.9 Å². The van der Waals surface area contributed by atoms with Gasteiger partial charge in [0.05, 0.1) is 41.1 Å². The lowest BCUT2D eigenvalue weighted by atomic mass is 10.1. The van der Waals surface area contributed by atoms with Gasteiger partial charge in [0.15, 0.2) is 5.16 Å². The Labute approximate surface area is 171 Å². The number of carbonyl (C=O) groups is 2. The summed E-state index contributed by atoms with van der Waals surface area (Å²) in [5.74, 6) is -0.919. The summed E-state index contributed by atoms with van der Waals surface area (Å²) in [6.45, 7) is 3.54. The molecule has 0 amide bonds. The van der Waals surface area contributed by atoms with Crippen LogP contribution in [0.25, 0.3) is 16.6 Å². The van der Waals surface area contributed by atoms with Crippen LogP contribution < -0.4 is 5.56 Å². The number of methoxy groups -OCH3 is 1. The predicted octanol–water partition coefficient (Wildman–Crippen LogP) is 3.22. The lowest BCUT2D eigenvalue weighted by molar-refractivity contribution is -0.144. The highest BCUT2D eigenvalue weighted by molar-refractivity contribution is 7.99. The summed E-state index contributed by atoms with van der Waals surface area (Å²) in [5.41, 5.74) is 0.977. The van der Waals surface area contributed by atoms with Crippen LogP contribution in [0, 0.1) is 0 Å². The highest BCUT2D eigenvalue weighted by Gasteiger charge is 2.17. The van der Waals surface area contributed by atoms with Crippen LogP contribution in [0.15, 0.2) is 58.5 Å². The van der Waals surface area contributed by atoms with Gasteiger partial charge in [-0.3, -0.25) is 14.2 Å². The number of hydrogen-bond acceptors (Lipinski definition) is 7. The van der Waals surface area contributed by atoms with Gasteiger partial charge in [-0.15, -0.1) is 0 Å². The van der Waals surface area contributed by atoms with Crippen LogP contribution in [0.4, 0.5) is 0 Å². The van der Waals surface area contributed by atoms with Gasteiger partial charge in [0, 0.05) is 0 Å². The zero-order valence-corrected chi connectivity index (χ0v) is 17.1. The first-order valence-electron chi connectivity index (χ1n) is 8.93. The van der Waals surface area contributed by atoms with Crippen molar-refractivity contribution in [3.8, 4) is 5.69 Å². The lowest BCUT2D eigenvalue weighted by Crippen LogP contribution is -2.23. The molecule has 0 aliphatic heterocycles. The minimum atomic E-state index is -0.518. The van der Waals surface area contributed by atoms with Crippen molar-refractivity contribution in [3.63, 3.8) is 0 Å². The van der Waals surface area contributed by atoms with E-state index in [1.54, 1.807) is 32.0 Å². The zero-order chi connectivity index (χ0) is 21.0. The van der Waals surface area contributed by atoms with Crippen molar-refractivity contribution in [2.45, 2.75) is 25.1 Å². The van der Waals surface area contributed by atoms with E-state index >= 15 is 0 Å². The maximum Gasteiger partial charge on any atom is 0.337 e. The van der Waals surface area contributed by atoms with Gasteiger partial charge in [0.1, 0.15) is 0 Å². The van der Waals surface area contributed by atoms with E-state index in [-0.39, 0.29) is 17.4 Å². The molecule has 3 aromatic rings. The molecule has 0 N–H and O–H groups in total. The van der Waals surface area contributed by atoms with Crippen molar-refractivity contribution in [1.29, 1.82) is 0 Å². The van der Waals surface area contributed by atoms with Crippen molar-refractivity contribution in [3.05, 3.63) is 64.4 Å². The zero-order valence-electron chi connectivity index (χ0n) is 16.2. The first kappa shape index (κ1) is 20.6. The SMILES string of the molecule is COC(=O)c1ccc2c(=O)n(-c3ccccc3)c(SCC(=O)OC(C)C)nc2c1. The molecule has 0 aliphatic carbocycles. The van der Waals surface area contributed by atoms with Gasteiger partial charge in [-0.25, -0.2) is 9.78 Å². The molecule has 0 saturated carbocycles. The molecule has 0 atom stereocenters. The molecule has 3 rings (SSSR count). The molecule has 7 nitrogen and oxygen atoms in total. The third-order valence-electron chi connectivity index (χ3n) is 3.96. The molecule has 0 radical (unpaired) electrons. The van der Waals surface area contributed by atoms with E-state index in [2.05, 4.69) is 4.98 Å². The number of benzene rings is 2. The van der Waals surface area contributed by atoms with Gasteiger partial charge in [0.25, 0.3) is 5.56 Å². The summed E-state index contributed by atoms with van der Waals surface area (Å²) in [6.07, 6.45) is -0.230. The Morgan fingerprint density at radius 2 is 1.86 bits per heavy atom. The molecule has 1 heterocycles. The standard InChI is InChI=1S/C21H20N2O5S/c1-13(2)28-18(24)12-29-21-22-17-11-14(20(26)27-3)9-10-16(17)19(25)23(21)15-7-5-4-6-8-15/h4-11,13H,12H2,1-3H3. The van der Waals surface area contributed by atoms with Gasteiger partial charge in [-0.05, 0) is 44.2 Å². The van der Waals surface area contributed by atoms with E-state index in [1.165, 1.54) is 23.8 Å². The Balaban J connectivity index is 2.12. The molecule has 0 unspecified atom stereocenters. The van der Waals surface area contributed by atoms with E-state index in [4.69, 9.17) is 9.47 Å². The molecule has 150 valence electrons. The van der Waals surface area contributed by atoms with Crippen LogP contribution in [-0.4, -0.2) is 40.5 Å². The number of hydrogen-bond donors (Lipinski definition) is 0. The fraction of sp³-hybridized carbons (Fsp3) is 0.238. The summed E-state index contributed by atoms with van der Waals surface area (Å²) < 4.78 is 11.4. The summed E-state index contributed by atoms with van der Waals surface area (Å²) in [7, 11) is 1.29. The Morgan fingerprint density at radius 3 is 2.52 bits per heavy atom. The third-order valence-corrected chi connectivity index (χ3v) is 4.87. The number of esters is 2. The predicted molar refractivity (Wildman–Crippen MR) is 111 cm³/mol. The van der Waals surface area contributed by atoms with Crippen LogP contribution in [0.1, 0.15) is 24.2 Å². The van der Waals surface area contributed by atoms with Gasteiger partial charge >= 0.3 is 11.9 Å². The molecule has 0 fully saturated rings. The number of rotatable bonds is 6. The smallest absolute Gasteiger partial charge is 0.337 e. The van der Waals surface area contributed by atoms with E-state index in [1.807, 2.05) is 18.2 Å². The van der Waals surface area contributed by atoms with Gasteiger partial charge in [0.2, 0.25) is 0 Å². The van der Waals surface area contributed by atoms with E-state index in [0.29, 0.717) is 27.3 Å². The first-order chi connectivity index (χ1) is 13.9. The van der Waals surface area contributed by atoms with Crippen LogP contribution in [-0.2, 0) is 14.3 Å². The molecular weight excluding hydrogens is 392 g/mol. The largest absolute Gasteiger partial charge is 0.465 e. The average molecular weight is 412 g/mol. The van der Waals surface area contributed by atoms with Crippen LogP contribution in [0.5, 0.6) is 0 Å².